The van der Waals surface area contributed by atoms with Crippen molar-refractivity contribution in [2.75, 3.05) is 0 Å². The van der Waals surface area contributed by atoms with Gasteiger partial charge in [-0.05, 0) is 36.3 Å². The number of aliphatic hydroxyl groups excluding tert-OH is 1. The third-order valence-corrected chi connectivity index (χ3v) is 3.47. The molecule has 0 radical (unpaired) electrons. The van der Waals surface area contributed by atoms with Gasteiger partial charge in [-0.2, -0.15) is 5.26 Å². The van der Waals surface area contributed by atoms with Crippen molar-refractivity contribution in [1.82, 2.24) is 0 Å². The maximum Gasteiger partial charge on any atom is 0.0948 e. The van der Waals surface area contributed by atoms with Gasteiger partial charge in [0.1, 0.15) is 0 Å². The zero-order valence-electron chi connectivity index (χ0n) is 10.3. The molecule has 0 heterocycles. The maximum atomic E-state index is 10.1. The smallest absolute Gasteiger partial charge is 0.0948 e. The highest BCUT2D eigenvalue weighted by molar-refractivity contribution is 5.29. The quantitative estimate of drug-likeness (QED) is 0.839. The predicted molar refractivity (Wildman–Crippen MR) is 67.4 cm³/mol. The number of hydrogen-bond donors (Lipinski definition) is 1. The van der Waals surface area contributed by atoms with E-state index in [0.717, 1.165) is 24.3 Å². The Morgan fingerprint density at radius 1 is 1.35 bits per heavy atom. The van der Waals surface area contributed by atoms with Gasteiger partial charge in [0, 0.05) is 0 Å². The summed E-state index contributed by atoms with van der Waals surface area (Å²) in [6.07, 6.45) is 3.61. The van der Waals surface area contributed by atoms with E-state index in [1.165, 1.54) is 18.4 Å². The summed E-state index contributed by atoms with van der Waals surface area (Å²) in [6.45, 7) is 2.03. The summed E-state index contributed by atoms with van der Waals surface area (Å²) < 4.78 is 0. The van der Waals surface area contributed by atoms with Crippen molar-refractivity contribution in [3.05, 3.63) is 35.4 Å². The summed E-state index contributed by atoms with van der Waals surface area (Å²) in [4.78, 5) is 0. The van der Waals surface area contributed by atoms with Gasteiger partial charge < -0.3 is 5.11 Å². The highest BCUT2D eigenvalue weighted by Gasteiger charge is 2.24. The molecule has 1 N–H and O–H groups in total. The van der Waals surface area contributed by atoms with Crippen LogP contribution in [-0.2, 0) is 0 Å². The fourth-order valence-corrected chi connectivity index (χ4v) is 2.22. The van der Waals surface area contributed by atoms with Gasteiger partial charge in [0.05, 0.1) is 18.1 Å². The summed E-state index contributed by atoms with van der Waals surface area (Å²) in [7, 11) is 0. The van der Waals surface area contributed by atoms with E-state index in [-0.39, 0.29) is 5.92 Å². The molecule has 1 aromatic rings. The lowest BCUT2D eigenvalue weighted by atomic mass is 9.92. The molecule has 2 unspecified atom stereocenters. The Labute approximate surface area is 103 Å². The molecule has 0 aromatic heterocycles. The van der Waals surface area contributed by atoms with E-state index in [4.69, 9.17) is 5.26 Å². The second-order valence-corrected chi connectivity index (χ2v) is 4.91. The third-order valence-electron chi connectivity index (χ3n) is 3.47. The summed E-state index contributed by atoms with van der Waals surface area (Å²) in [6, 6.07) is 10.3. The van der Waals surface area contributed by atoms with Crippen molar-refractivity contribution < 1.29 is 5.11 Å². The summed E-state index contributed by atoms with van der Waals surface area (Å²) >= 11 is 0. The second-order valence-electron chi connectivity index (χ2n) is 4.91. The molecule has 2 rings (SSSR count). The lowest BCUT2D eigenvalue weighted by molar-refractivity contribution is 0.130. The molecule has 1 fully saturated rings. The van der Waals surface area contributed by atoms with Crippen molar-refractivity contribution in [2.45, 2.75) is 44.6 Å². The molecule has 0 bridgehead atoms. The van der Waals surface area contributed by atoms with Crippen LogP contribution in [0.15, 0.2) is 24.3 Å². The number of aliphatic hydroxyl groups is 1. The minimum Gasteiger partial charge on any atom is -0.387 e. The van der Waals surface area contributed by atoms with Crippen molar-refractivity contribution in [3.63, 3.8) is 0 Å². The molecule has 90 valence electrons. The van der Waals surface area contributed by atoms with E-state index in [1.807, 2.05) is 19.1 Å². The van der Waals surface area contributed by atoms with Crippen molar-refractivity contribution in [3.8, 4) is 6.07 Å². The van der Waals surface area contributed by atoms with Crippen LogP contribution in [0, 0.1) is 17.2 Å². The molecule has 1 aliphatic carbocycles. The van der Waals surface area contributed by atoms with Crippen LogP contribution in [0.25, 0.3) is 0 Å². The first-order chi connectivity index (χ1) is 8.26. The molecular weight excluding hydrogens is 210 g/mol. The zero-order valence-corrected chi connectivity index (χ0v) is 10.3. The van der Waals surface area contributed by atoms with Crippen molar-refractivity contribution >= 4 is 0 Å². The molecular formula is C15H19NO. The van der Waals surface area contributed by atoms with Gasteiger partial charge in [0.25, 0.3) is 0 Å². The number of hydrogen-bond acceptors (Lipinski definition) is 2. The molecule has 0 spiro atoms. The Balaban J connectivity index is 2.07. The van der Waals surface area contributed by atoms with Crippen LogP contribution in [0.5, 0.6) is 0 Å². The Bertz CT molecular complexity index is 400. The average molecular weight is 229 g/mol. The van der Waals surface area contributed by atoms with Crippen LogP contribution < -0.4 is 0 Å². The van der Waals surface area contributed by atoms with Crippen molar-refractivity contribution in [1.29, 1.82) is 5.26 Å². The van der Waals surface area contributed by atoms with Gasteiger partial charge in [-0.3, -0.25) is 0 Å². The van der Waals surface area contributed by atoms with Crippen LogP contribution in [0.2, 0.25) is 0 Å². The first-order valence-electron chi connectivity index (χ1n) is 6.43. The average Bonchev–Trinajstić information content (AvgIpc) is 3.19. The normalized spacial score (nSPS) is 18.4. The largest absolute Gasteiger partial charge is 0.387 e. The molecule has 0 amide bonds. The SMILES string of the molecule is CCCC(C#N)C(O)c1ccc(C2CC2)cc1. The molecule has 1 aromatic carbocycles. The number of nitriles is 1. The Morgan fingerprint density at radius 3 is 2.47 bits per heavy atom. The Morgan fingerprint density at radius 2 is 2.00 bits per heavy atom. The van der Waals surface area contributed by atoms with E-state index in [1.54, 1.807) is 0 Å². The summed E-state index contributed by atoms with van der Waals surface area (Å²) in [5.74, 6) is 0.454. The Hall–Kier alpha value is -1.33. The van der Waals surface area contributed by atoms with E-state index in [0.29, 0.717) is 0 Å². The number of benzene rings is 1. The van der Waals surface area contributed by atoms with Gasteiger partial charge in [0.2, 0.25) is 0 Å². The van der Waals surface area contributed by atoms with Gasteiger partial charge >= 0.3 is 0 Å². The lowest BCUT2D eigenvalue weighted by Gasteiger charge is -2.16. The van der Waals surface area contributed by atoms with Crippen LogP contribution in [-0.4, -0.2) is 5.11 Å². The minimum atomic E-state index is -0.645. The van der Waals surface area contributed by atoms with Crippen LogP contribution in [0.3, 0.4) is 0 Å². The minimum absolute atomic E-state index is 0.285. The maximum absolute atomic E-state index is 10.1. The van der Waals surface area contributed by atoms with Crippen LogP contribution in [0.1, 0.15) is 55.8 Å². The molecule has 2 nitrogen and oxygen atoms in total. The molecule has 1 saturated carbocycles. The standard InChI is InChI=1S/C15H19NO/c1-2-3-14(10-16)15(17)13-8-6-12(7-9-13)11-4-5-11/h6-9,11,14-15,17H,2-5H2,1H3. The third kappa shape index (κ3) is 2.87. The van der Waals surface area contributed by atoms with Crippen LogP contribution >= 0.6 is 0 Å². The van der Waals surface area contributed by atoms with Crippen LogP contribution in [0.4, 0.5) is 0 Å². The van der Waals surface area contributed by atoms with E-state index < -0.39 is 6.10 Å². The van der Waals surface area contributed by atoms with Gasteiger partial charge in [0.15, 0.2) is 0 Å². The first kappa shape index (κ1) is 12.1. The molecule has 1 aliphatic rings. The topological polar surface area (TPSA) is 44.0 Å². The molecule has 2 atom stereocenters. The molecule has 0 saturated heterocycles. The van der Waals surface area contributed by atoms with E-state index >= 15 is 0 Å². The lowest BCUT2D eigenvalue weighted by Crippen LogP contribution is -2.10. The van der Waals surface area contributed by atoms with Gasteiger partial charge in [-0.1, -0.05) is 37.6 Å². The second kappa shape index (κ2) is 5.33. The van der Waals surface area contributed by atoms with E-state index in [9.17, 15) is 5.11 Å². The molecule has 2 heteroatoms. The molecule has 17 heavy (non-hydrogen) atoms. The highest BCUT2D eigenvalue weighted by atomic mass is 16.3. The Kier molecular flexibility index (Phi) is 3.81. The van der Waals surface area contributed by atoms with Gasteiger partial charge in [-0.15, -0.1) is 0 Å². The first-order valence-corrected chi connectivity index (χ1v) is 6.43. The fourth-order valence-electron chi connectivity index (χ4n) is 2.22. The number of nitrogens with zero attached hydrogens (tertiary/aromatic N) is 1. The zero-order chi connectivity index (χ0) is 12.3. The summed E-state index contributed by atoms with van der Waals surface area (Å²) in [5, 5.41) is 19.2. The number of rotatable bonds is 5. The monoisotopic (exact) mass is 229 g/mol. The van der Waals surface area contributed by atoms with E-state index in [2.05, 4.69) is 18.2 Å². The van der Waals surface area contributed by atoms with Gasteiger partial charge in [-0.25, -0.2) is 0 Å². The highest BCUT2D eigenvalue weighted by Crippen LogP contribution is 2.40. The fraction of sp³-hybridized carbons (Fsp3) is 0.533. The predicted octanol–water partition coefficient (Wildman–Crippen LogP) is 3.54. The summed E-state index contributed by atoms with van der Waals surface area (Å²) in [5.41, 5.74) is 2.24. The molecule has 0 aliphatic heterocycles. The van der Waals surface area contributed by atoms with Crippen molar-refractivity contribution in [2.24, 2.45) is 5.92 Å².